The van der Waals surface area contributed by atoms with Crippen molar-refractivity contribution in [3.63, 3.8) is 0 Å². The van der Waals surface area contributed by atoms with Crippen LogP contribution in [0.2, 0.25) is 0 Å². The summed E-state index contributed by atoms with van der Waals surface area (Å²) in [5.41, 5.74) is 2.28. The highest BCUT2D eigenvalue weighted by Gasteiger charge is 2.14. The highest BCUT2D eigenvalue weighted by Crippen LogP contribution is 2.20. The van der Waals surface area contributed by atoms with Crippen LogP contribution in [0.5, 0.6) is 5.75 Å². The van der Waals surface area contributed by atoms with E-state index in [-0.39, 0.29) is 19.1 Å². The molecule has 0 spiro atoms. The zero-order valence-electron chi connectivity index (χ0n) is 16.8. The molecule has 0 aliphatic heterocycles. The van der Waals surface area contributed by atoms with E-state index in [2.05, 4.69) is 5.32 Å². The van der Waals surface area contributed by atoms with Gasteiger partial charge in [0.25, 0.3) is 5.91 Å². The van der Waals surface area contributed by atoms with Gasteiger partial charge in [-0.05, 0) is 42.3 Å². The van der Waals surface area contributed by atoms with Gasteiger partial charge in [0, 0.05) is 19.3 Å². The first-order valence-electron chi connectivity index (χ1n) is 8.72. The van der Waals surface area contributed by atoms with E-state index in [1.54, 1.807) is 49.4 Å². The van der Waals surface area contributed by atoms with Crippen molar-refractivity contribution < 1.29 is 27.5 Å². The largest absolute Gasteiger partial charge is 0.484 e. The van der Waals surface area contributed by atoms with Gasteiger partial charge in [-0.2, -0.15) is 0 Å². The first-order chi connectivity index (χ1) is 13.6. The molecular weight excluding hydrogens is 396 g/mol. The van der Waals surface area contributed by atoms with Crippen LogP contribution < -0.4 is 10.1 Å². The number of nitrogens with one attached hydrogen (secondary N) is 1. The van der Waals surface area contributed by atoms with Gasteiger partial charge in [0.1, 0.15) is 5.75 Å². The molecule has 0 saturated carbocycles. The van der Waals surface area contributed by atoms with Crippen molar-refractivity contribution in [3.05, 3.63) is 59.2 Å². The number of carbonyl (C=O) groups excluding carboxylic acids is 2. The SMILES string of the molecule is COC(=O)c1cccc(NC(=O)COc2ccc(CN(C)S(C)(=O)=O)cc2)c1C. The molecule has 0 bridgehead atoms. The van der Waals surface area contributed by atoms with Crippen LogP contribution >= 0.6 is 0 Å². The Morgan fingerprint density at radius 2 is 1.76 bits per heavy atom. The van der Waals surface area contributed by atoms with E-state index in [1.165, 1.54) is 18.5 Å². The Labute approximate surface area is 170 Å². The predicted octanol–water partition coefficient (Wildman–Crippen LogP) is 2.19. The number of amides is 1. The number of anilines is 1. The molecular formula is C20H24N2O6S. The van der Waals surface area contributed by atoms with Gasteiger partial charge in [0.05, 0.1) is 18.9 Å². The molecule has 8 nitrogen and oxygen atoms in total. The Bertz CT molecular complexity index is 987. The van der Waals surface area contributed by atoms with E-state index >= 15 is 0 Å². The molecule has 2 aromatic carbocycles. The number of rotatable bonds is 8. The molecule has 9 heteroatoms. The fourth-order valence-electron chi connectivity index (χ4n) is 2.50. The summed E-state index contributed by atoms with van der Waals surface area (Å²) in [6.45, 7) is 1.74. The molecule has 0 atom stereocenters. The second-order valence-corrected chi connectivity index (χ2v) is 8.56. The third-order valence-electron chi connectivity index (χ3n) is 4.28. The lowest BCUT2D eigenvalue weighted by molar-refractivity contribution is -0.118. The van der Waals surface area contributed by atoms with Gasteiger partial charge in [-0.15, -0.1) is 0 Å². The fraction of sp³-hybridized carbons (Fsp3) is 0.300. The average molecular weight is 420 g/mol. The van der Waals surface area contributed by atoms with Crippen LogP contribution in [0.15, 0.2) is 42.5 Å². The maximum atomic E-state index is 12.2. The summed E-state index contributed by atoms with van der Waals surface area (Å²) in [5, 5.41) is 2.71. The molecule has 0 heterocycles. The minimum absolute atomic E-state index is 0.218. The molecule has 29 heavy (non-hydrogen) atoms. The average Bonchev–Trinajstić information content (AvgIpc) is 2.67. The van der Waals surface area contributed by atoms with E-state index in [1.807, 2.05) is 0 Å². The summed E-state index contributed by atoms with van der Waals surface area (Å²) in [6.07, 6.45) is 1.14. The van der Waals surface area contributed by atoms with E-state index in [9.17, 15) is 18.0 Å². The maximum absolute atomic E-state index is 12.2. The van der Waals surface area contributed by atoms with Gasteiger partial charge in [-0.25, -0.2) is 17.5 Å². The van der Waals surface area contributed by atoms with Gasteiger partial charge < -0.3 is 14.8 Å². The molecule has 1 N–H and O–H groups in total. The molecule has 0 saturated heterocycles. The molecule has 1 amide bonds. The highest BCUT2D eigenvalue weighted by molar-refractivity contribution is 7.88. The number of sulfonamides is 1. The third kappa shape index (κ3) is 6.30. The van der Waals surface area contributed by atoms with Crippen molar-refractivity contribution in [2.45, 2.75) is 13.5 Å². The number of carbonyl (C=O) groups is 2. The van der Waals surface area contributed by atoms with Crippen LogP contribution in [0, 0.1) is 6.92 Å². The maximum Gasteiger partial charge on any atom is 0.338 e. The van der Waals surface area contributed by atoms with Crippen molar-refractivity contribution in [3.8, 4) is 5.75 Å². The van der Waals surface area contributed by atoms with E-state index < -0.39 is 16.0 Å². The second-order valence-electron chi connectivity index (χ2n) is 6.47. The van der Waals surface area contributed by atoms with Crippen LogP contribution in [-0.4, -0.2) is 51.6 Å². The third-order valence-corrected chi connectivity index (χ3v) is 5.54. The smallest absolute Gasteiger partial charge is 0.338 e. The number of benzene rings is 2. The lowest BCUT2D eigenvalue weighted by atomic mass is 10.1. The molecule has 2 rings (SSSR count). The number of nitrogens with zero attached hydrogens (tertiary/aromatic N) is 1. The van der Waals surface area contributed by atoms with Crippen LogP contribution in [0.1, 0.15) is 21.5 Å². The first-order valence-corrected chi connectivity index (χ1v) is 10.6. The molecule has 0 radical (unpaired) electrons. The fourth-order valence-corrected chi connectivity index (χ4v) is 2.89. The molecule has 156 valence electrons. The second kappa shape index (κ2) is 9.53. The Morgan fingerprint density at radius 1 is 1.10 bits per heavy atom. The zero-order valence-corrected chi connectivity index (χ0v) is 17.6. The van der Waals surface area contributed by atoms with E-state index in [4.69, 9.17) is 9.47 Å². The molecule has 0 aromatic heterocycles. The first kappa shape index (κ1) is 22.4. The minimum atomic E-state index is -3.26. The Hall–Kier alpha value is -2.91. The summed E-state index contributed by atoms with van der Waals surface area (Å²) in [5.74, 6) is -0.376. The van der Waals surface area contributed by atoms with Crippen LogP contribution in [0.3, 0.4) is 0 Å². The van der Waals surface area contributed by atoms with Crippen molar-refractivity contribution in [1.29, 1.82) is 0 Å². The lowest BCUT2D eigenvalue weighted by Crippen LogP contribution is -2.24. The van der Waals surface area contributed by atoms with Crippen molar-refractivity contribution in [1.82, 2.24) is 4.31 Å². The summed E-state index contributed by atoms with van der Waals surface area (Å²) in [6, 6.07) is 11.8. The monoisotopic (exact) mass is 420 g/mol. The van der Waals surface area contributed by atoms with Crippen LogP contribution in [0.25, 0.3) is 0 Å². The minimum Gasteiger partial charge on any atom is -0.484 e. The van der Waals surface area contributed by atoms with Gasteiger partial charge in [-0.3, -0.25) is 4.79 Å². The molecule has 0 aliphatic rings. The number of methoxy groups -OCH3 is 1. The Balaban J connectivity index is 1.94. The molecule has 0 unspecified atom stereocenters. The number of ether oxygens (including phenoxy) is 2. The number of esters is 1. The van der Waals surface area contributed by atoms with Gasteiger partial charge in [0.15, 0.2) is 6.61 Å². The summed E-state index contributed by atoms with van der Waals surface area (Å²) in [4.78, 5) is 23.9. The zero-order chi connectivity index (χ0) is 21.6. The van der Waals surface area contributed by atoms with Crippen molar-refractivity contribution in [2.75, 3.05) is 32.3 Å². The summed E-state index contributed by atoms with van der Waals surface area (Å²) < 4.78 is 34.4. The predicted molar refractivity (Wildman–Crippen MR) is 109 cm³/mol. The Kier molecular flexibility index (Phi) is 7.35. The lowest BCUT2D eigenvalue weighted by Gasteiger charge is -2.14. The van der Waals surface area contributed by atoms with Crippen molar-refractivity contribution >= 4 is 27.6 Å². The van der Waals surface area contributed by atoms with E-state index in [0.29, 0.717) is 22.6 Å². The quantitative estimate of drug-likeness (QED) is 0.657. The Morgan fingerprint density at radius 3 is 2.34 bits per heavy atom. The summed E-state index contributed by atoms with van der Waals surface area (Å²) >= 11 is 0. The number of hydrogen-bond acceptors (Lipinski definition) is 6. The number of hydrogen-bond donors (Lipinski definition) is 1. The summed E-state index contributed by atoms with van der Waals surface area (Å²) in [7, 11) is -0.458. The van der Waals surface area contributed by atoms with Crippen molar-refractivity contribution in [2.24, 2.45) is 0 Å². The van der Waals surface area contributed by atoms with Crippen LogP contribution in [-0.2, 0) is 26.1 Å². The normalized spacial score (nSPS) is 11.2. The van der Waals surface area contributed by atoms with Gasteiger partial charge in [0.2, 0.25) is 10.0 Å². The standard InChI is InChI=1S/C20H24N2O6S/c1-14-17(20(24)27-3)6-5-7-18(14)21-19(23)13-28-16-10-8-15(9-11-16)12-22(2)29(4,25)26/h5-11H,12-13H2,1-4H3,(H,21,23). The van der Waals surface area contributed by atoms with Crippen LogP contribution in [0.4, 0.5) is 5.69 Å². The highest BCUT2D eigenvalue weighted by atomic mass is 32.2. The molecule has 2 aromatic rings. The van der Waals surface area contributed by atoms with E-state index in [0.717, 1.165) is 11.8 Å². The topological polar surface area (TPSA) is 102 Å². The molecule has 0 aliphatic carbocycles. The van der Waals surface area contributed by atoms with Gasteiger partial charge >= 0.3 is 5.97 Å². The van der Waals surface area contributed by atoms with Gasteiger partial charge in [-0.1, -0.05) is 18.2 Å². The molecule has 0 fully saturated rings.